The Hall–Kier alpha value is -2.63. The van der Waals surface area contributed by atoms with Gasteiger partial charge in [-0.05, 0) is 76.7 Å². The van der Waals surface area contributed by atoms with Crippen LogP contribution in [0.3, 0.4) is 0 Å². The number of carbonyl (C=O) groups is 3. The third-order valence-corrected chi connectivity index (χ3v) is 8.97. The van der Waals surface area contributed by atoms with Gasteiger partial charge in [-0.25, -0.2) is 0 Å². The molecule has 0 aromatic rings. The van der Waals surface area contributed by atoms with Gasteiger partial charge < -0.3 is 15.2 Å². The molecule has 1 unspecified atom stereocenters. The summed E-state index contributed by atoms with van der Waals surface area (Å²) < 4.78 is 5.87. The number of aliphatic carboxylic acids is 1. The van der Waals surface area contributed by atoms with Crippen LogP contribution in [-0.2, 0) is 19.1 Å². The minimum atomic E-state index is -1.03. The topological polar surface area (TPSA) is 92.7 Å². The van der Waals surface area contributed by atoms with Gasteiger partial charge in [-0.2, -0.15) is 0 Å². The highest BCUT2D eigenvalue weighted by molar-refractivity contribution is 5.80. The van der Waals surface area contributed by atoms with E-state index in [9.17, 15) is 14.4 Å². The van der Waals surface area contributed by atoms with E-state index >= 15 is 0 Å². The van der Waals surface area contributed by atoms with Crippen LogP contribution in [0.15, 0.2) is 48.6 Å². The van der Waals surface area contributed by atoms with Gasteiger partial charge in [-0.15, -0.1) is 0 Å². The fraction of sp³-hybridized carbons (Fsp3) is 0.750. The highest BCUT2D eigenvalue weighted by atomic mass is 16.5. The van der Waals surface area contributed by atoms with Crippen LogP contribution >= 0.6 is 0 Å². The van der Waals surface area contributed by atoms with Crippen molar-refractivity contribution in [3.05, 3.63) is 48.6 Å². The molecule has 0 bridgehead atoms. The van der Waals surface area contributed by atoms with Gasteiger partial charge in [0.25, 0.3) is 0 Å². The van der Waals surface area contributed by atoms with Crippen molar-refractivity contribution in [1.82, 2.24) is 5.32 Å². The van der Waals surface area contributed by atoms with Crippen LogP contribution in [0.1, 0.15) is 200 Å². The van der Waals surface area contributed by atoms with Gasteiger partial charge in [0.1, 0.15) is 12.6 Å². The largest absolute Gasteiger partial charge is 0.480 e. The number of ether oxygens (including phenoxy) is 1. The van der Waals surface area contributed by atoms with Gasteiger partial charge in [0, 0.05) is 12.8 Å². The molecule has 0 saturated carbocycles. The summed E-state index contributed by atoms with van der Waals surface area (Å²) in [4.78, 5) is 34.9. The number of carboxylic acids is 1. The normalized spacial score (nSPS) is 12.5. The smallest absolute Gasteiger partial charge is 0.322 e. The van der Waals surface area contributed by atoms with Crippen molar-refractivity contribution in [3.8, 4) is 0 Å². The van der Waals surface area contributed by atoms with Crippen LogP contribution in [0.5, 0.6) is 0 Å². The fourth-order valence-electron chi connectivity index (χ4n) is 5.91. The summed E-state index contributed by atoms with van der Waals surface area (Å²) in [5.74, 6) is -1.37. The summed E-state index contributed by atoms with van der Waals surface area (Å²) in [5, 5.41) is 11.1. The van der Waals surface area contributed by atoms with E-state index in [2.05, 4.69) is 61.7 Å². The van der Waals surface area contributed by atoms with Crippen molar-refractivity contribution < 1.29 is 24.2 Å². The number of carbonyl (C=O) groups excluding carboxylic acids is 2. The predicted molar refractivity (Wildman–Crippen MR) is 212 cm³/mol. The summed E-state index contributed by atoms with van der Waals surface area (Å²) in [7, 11) is 0. The van der Waals surface area contributed by atoms with Crippen LogP contribution in [0, 0.1) is 0 Å². The van der Waals surface area contributed by atoms with E-state index in [1.807, 2.05) is 6.08 Å². The van der Waals surface area contributed by atoms with Crippen molar-refractivity contribution in [2.45, 2.75) is 206 Å². The van der Waals surface area contributed by atoms with Crippen LogP contribution in [-0.4, -0.2) is 35.6 Å². The Morgan fingerprint density at radius 2 is 1.04 bits per heavy atom. The quantitative estimate of drug-likeness (QED) is 0.0382. The number of carboxylic acid groups (broad SMARTS) is 1. The van der Waals surface area contributed by atoms with E-state index in [0.717, 1.165) is 64.2 Å². The number of allylic oxidation sites excluding steroid dienone is 7. The molecule has 288 valence electrons. The lowest BCUT2D eigenvalue weighted by Crippen LogP contribution is -2.28. The minimum absolute atomic E-state index is 0.109. The zero-order valence-electron chi connectivity index (χ0n) is 32.5. The Morgan fingerprint density at radius 3 is 1.60 bits per heavy atom. The number of nitrogens with one attached hydrogen (secondary N) is 1. The molecule has 50 heavy (non-hydrogen) atoms. The molecule has 0 saturated heterocycles. The Labute approximate surface area is 308 Å². The second-order valence-corrected chi connectivity index (χ2v) is 13.9. The van der Waals surface area contributed by atoms with E-state index < -0.39 is 5.97 Å². The lowest BCUT2D eigenvalue weighted by atomic mass is 10.0. The van der Waals surface area contributed by atoms with Gasteiger partial charge in [-0.3, -0.25) is 14.4 Å². The first-order valence-corrected chi connectivity index (χ1v) is 20.8. The van der Waals surface area contributed by atoms with Crippen LogP contribution in [0.4, 0.5) is 0 Å². The molecule has 6 heteroatoms. The van der Waals surface area contributed by atoms with Gasteiger partial charge >= 0.3 is 11.9 Å². The van der Waals surface area contributed by atoms with Gasteiger partial charge in [0.05, 0.1) is 0 Å². The molecule has 0 rings (SSSR count). The molecule has 1 atom stereocenters. The maximum atomic E-state index is 12.6. The van der Waals surface area contributed by atoms with Gasteiger partial charge in [0.15, 0.2) is 0 Å². The number of unbranched alkanes of at least 4 members (excludes halogenated alkanes) is 20. The highest BCUT2D eigenvalue weighted by Gasteiger charge is 2.12. The summed E-state index contributed by atoms with van der Waals surface area (Å²) in [6, 6.07) is 0. The Morgan fingerprint density at radius 1 is 0.560 bits per heavy atom. The number of hydrogen-bond donors (Lipinski definition) is 2. The van der Waals surface area contributed by atoms with E-state index in [0.29, 0.717) is 12.8 Å². The van der Waals surface area contributed by atoms with Crippen LogP contribution in [0.2, 0.25) is 0 Å². The van der Waals surface area contributed by atoms with E-state index in [4.69, 9.17) is 9.84 Å². The van der Waals surface area contributed by atoms with Crippen LogP contribution in [0.25, 0.3) is 0 Å². The molecule has 0 aromatic carbocycles. The predicted octanol–water partition coefficient (Wildman–Crippen LogP) is 12.7. The molecular formula is C44H77NO5. The number of rotatable bonds is 37. The minimum Gasteiger partial charge on any atom is -0.480 e. The first kappa shape index (κ1) is 47.4. The molecule has 0 spiro atoms. The number of hydrogen-bond acceptors (Lipinski definition) is 4. The molecular weight excluding hydrogens is 622 g/mol. The standard InChI is InChI=1S/C44H77NO5/c1-3-5-7-9-11-13-14-15-16-17-18-19-20-21-22-23-24-25-27-29-35-39-44(49)50-41(36-32-28-26-12-10-8-6-4-2)37-33-30-31-34-38-42(46)45-40-43(47)48/h6,8,12,17-18,26,32,36,41H,3-5,7,9-11,13-16,19-25,27-31,33-35,37-40H2,1-2H3,(H,45,46)(H,47,48)/b8-6-,18-17-,26-12-,36-32-. The summed E-state index contributed by atoms with van der Waals surface area (Å²) >= 11 is 0. The second kappa shape index (κ2) is 39.2. The van der Waals surface area contributed by atoms with Crippen molar-refractivity contribution in [3.63, 3.8) is 0 Å². The molecule has 0 radical (unpaired) electrons. The average Bonchev–Trinajstić information content (AvgIpc) is 3.10. The zero-order chi connectivity index (χ0) is 36.6. The molecule has 0 fully saturated rings. The van der Waals surface area contributed by atoms with Crippen molar-refractivity contribution in [2.24, 2.45) is 0 Å². The van der Waals surface area contributed by atoms with E-state index in [-0.39, 0.29) is 24.5 Å². The van der Waals surface area contributed by atoms with Crippen LogP contribution < -0.4 is 5.32 Å². The van der Waals surface area contributed by atoms with Gasteiger partial charge in [0.2, 0.25) is 5.91 Å². The molecule has 1 amide bonds. The first-order chi connectivity index (χ1) is 24.5. The van der Waals surface area contributed by atoms with E-state index in [1.165, 1.54) is 109 Å². The Bertz CT molecular complexity index is 906. The second-order valence-electron chi connectivity index (χ2n) is 13.9. The molecule has 0 aliphatic rings. The Balaban J connectivity index is 4.02. The third-order valence-electron chi connectivity index (χ3n) is 8.97. The molecule has 0 aromatic heterocycles. The maximum absolute atomic E-state index is 12.6. The highest BCUT2D eigenvalue weighted by Crippen LogP contribution is 2.15. The number of amides is 1. The molecule has 6 nitrogen and oxygen atoms in total. The Kier molecular flexibility index (Phi) is 37.1. The summed E-state index contributed by atoms with van der Waals surface area (Å²) in [6.07, 6.45) is 49.8. The fourth-order valence-corrected chi connectivity index (χ4v) is 5.91. The van der Waals surface area contributed by atoms with Gasteiger partial charge in [-0.1, -0.05) is 159 Å². The van der Waals surface area contributed by atoms with Crippen molar-refractivity contribution in [2.75, 3.05) is 6.54 Å². The lowest BCUT2D eigenvalue weighted by molar-refractivity contribution is -0.147. The third kappa shape index (κ3) is 38.2. The first-order valence-electron chi connectivity index (χ1n) is 20.8. The zero-order valence-corrected chi connectivity index (χ0v) is 32.5. The molecule has 2 N–H and O–H groups in total. The lowest BCUT2D eigenvalue weighted by Gasteiger charge is -2.14. The van der Waals surface area contributed by atoms with Crippen molar-refractivity contribution in [1.29, 1.82) is 0 Å². The molecule has 0 heterocycles. The molecule has 0 aliphatic heterocycles. The van der Waals surface area contributed by atoms with Crippen molar-refractivity contribution >= 4 is 17.8 Å². The SMILES string of the molecule is CC/C=C\C/C=C\C/C=C\C(CCCCCCC(=O)NCC(=O)O)OC(=O)CCCCCCCCCCC/C=C\CCCCCCCCCC. The maximum Gasteiger partial charge on any atom is 0.322 e. The summed E-state index contributed by atoms with van der Waals surface area (Å²) in [5.41, 5.74) is 0. The summed E-state index contributed by atoms with van der Waals surface area (Å²) in [6.45, 7) is 4.08. The monoisotopic (exact) mass is 700 g/mol. The average molecular weight is 700 g/mol. The molecule has 0 aliphatic carbocycles. The number of esters is 1. The van der Waals surface area contributed by atoms with E-state index in [1.54, 1.807) is 0 Å².